The van der Waals surface area contributed by atoms with Crippen molar-refractivity contribution in [2.75, 3.05) is 19.6 Å². The second-order valence-electron chi connectivity index (χ2n) is 4.93. The first-order chi connectivity index (χ1) is 7.26. The van der Waals surface area contributed by atoms with Crippen molar-refractivity contribution in [3.63, 3.8) is 0 Å². The highest BCUT2D eigenvalue weighted by atomic mass is 16.2. The predicted molar refractivity (Wildman–Crippen MR) is 60.7 cm³/mol. The average Bonchev–Trinajstić information content (AvgIpc) is 2.69. The fourth-order valence-corrected chi connectivity index (χ4v) is 2.60. The zero-order valence-corrected chi connectivity index (χ0v) is 9.72. The first kappa shape index (κ1) is 10.9. The third-order valence-corrected chi connectivity index (χ3v) is 4.06. The Morgan fingerprint density at radius 3 is 2.40 bits per heavy atom. The monoisotopic (exact) mass is 210 g/mol. The molecule has 1 heterocycles. The van der Waals surface area contributed by atoms with Gasteiger partial charge in [0.15, 0.2) is 0 Å². The molecular formula is C12H22N2O. The third-order valence-electron chi connectivity index (χ3n) is 4.06. The van der Waals surface area contributed by atoms with E-state index in [2.05, 4.69) is 12.2 Å². The molecule has 15 heavy (non-hydrogen) atoms. The highest BCUT2D eigenvalue weighted by Gasteiger charge is 2.35. The number of nitrogens with one attached hydrogen (secondary N) is 1. The van der Waals surface area contributed by atoms with Crippen LogP contribution in [0, 0.1) is 0 Å². The molecule has 0 bridgehead atoms. The number of amides is 1. The van der Waals surface area contributed by atoms with E-state index in [0.717, 1.165) is 19.5 Å². The summed E-state index contributed by atoms with van der Waals surface area (Å²) in [6.45, 7) is 4.71. The summed E-state index contributed by atoms with van der Waals surface area (Å²) in [7, 11) is 0. The summed E-state index contributed by atoms with van der Waals surface area (Å²) in [5.74, 6) is 0.298. The molecule has 0 aromatic heterocycles. The second kappa shape index (κ2) is 4.52. The molecule has 0 atom stereocenters. The van der Waals surface area contributed by atoms with Gasteiger partial charge >= 0.3 is 0 Å². The minimum absolute atomic E-state index is 0.298. The van der Waals surface area contributed by atoms with Gasteiger partial charge in [0.2, 0.25) is 5.91 Å². The lowest BCUT2D eigenvalue weighted by Crippen LogP contribution is -2.53. The summed E-state index contributed by atoms with van der Waals surface area (Å²) >= 11 is 0. The summed E-state index contributed by atoms with van der Waals surface area (Å²) in [5.41, 5.74) is 0.301. The Morgan fingerprint density at radius 1 is 1.27 bits per heavy atom. The van der Waals surface area contributed by atoms with Crippen LogP contribution in [-0.4, -0.2) is 36.0 Å². The molecule has 1 N–H and O–H groups in total. The number of carbonyl (C=O) groups excluding carboxylic acids is 1. The Morgan fingerprint density at radius 2 is 1.93 bits per heavy atom. The van der Waals surface area contributed by atoms with Crippen molar-refractivity contribution >= 4 is 5.91 Å². The highest BCUT2D eigenvalue weighted by molar-refractivity contribution is 5.78. The van der Waals surface area contributed by atoms with Gasteiger partial charge in [-0.15, -0.1) is 0 Å². The SMILES string of the molecule is CCC1(NCC(=O)N2CCCC2)CCC1. The molecule has 0 spiro atoms. The van der Waals surface area contributed by atoms with Crippen molar-refractivity contribution in [2.45, 2.75) is 51.0 Å². The van der Waals surface area contributed by atoms with Crippen LogP contribution in [0.2, 0.25) is 0 Å². The molecule has 2 fully saturated rings. The Balaban J connectivity index is 1.74. The molecule has 0 aromatic rings. The second-order valence-corrected chi connectivity index (χ2v) is 4.93. The normalized spacial score (nSPS) is 23.9. The van der Waals surface area contributed by atoms with Crippen LogP contribution in [0.3, 0.4) is 0 Å². The van der Waals surface area contributed by atoms with E-state index in [4.69, 9.17) is 0 Å². The summed E-state index contributed by atoms with van der Waals surface area (Å²) in [6, 6.07) is 0. The van der Waals surface area contributed by atoms with Crippen molar-refractivity contribution in [3.05, 3.63) is 0 Å². The minimum Gasteiger partial charge on any atom is -0.342 e. The molecule has 1 aliphatic carbocycles. The van der Waals surface area contributed by atoms with Crippen molar-refractivity contribution in [2.24, 2.45) is 0 Å². The van der Waals surface area contributed by atoms with Crippen LogP contribution < -0.4 is 5.32 Å². The van der Waals surface area contributed by atoms with E-state index in [9.17, 15) is 4.79 Å². The lowest BCUT2D eigenvalue weighted by molar-refractivity contribution is -0.129. The number of likely N-dealkylation sites (tertiary alicyclic amines) is 1. The molecule has 86 valence electrons. The van der Waals surface area contributed by atoms with Gasteiger partial charge in [0.1, 0.15) is 0 Å². The predicted octanol–water partition coefficient (Wildman–Crippen LogP) is 1.53. The van der Waals surface area contributed by atoms with Gasteiger partial charge in [0.05, 0.1) is 6.54 Å². The lowest BCUT2D eigenvalue weighted by atomic mass is 9.75. The van der Waals surface area contributed by atoms with Crippen LogP contribution in [0.4, 0.5) is 0 Å². The zero-order valence-electron chi connectivity index (χ0n) is 9.72. The number of nitrogens with zero attached hydrogens (tertiary/aromatic N) is 1. The quantitative estimate of drug-likeness (QED) is 0.763. The van der Waals surface area contributed by atoms with Gasteiger partial charge in [0.25, 0.3) is 0 Å². The molecule has 1 aliphatic heterocycles. The van der Waals surface area contributed by atoms with E-state index in [1.807, 2.05) is 4.90 Å². The first-order valence-corrected chi connectivity index (χ1v) is 6.29. The van der Waals surface area contributed by atoms with E-state index in [-0.39, 0.29) is 0 Å². The molecule has 1 amide bonds. The van der Waals surface area contributed by atoms with E-state index in [1.54, 1.807) is 0 Å². The summed E-state index contributed by atoms with van der Waals surface area (Å²) < 4.78 is 0. The Bertz CT molecular complexity index is 224. The summed E-state index contributed by atoms with van der Waals surface area (Å²) in [6.07, 6.45) is 7.34. The van der Waals surface area contributed by atoms with Gasteiger partial charge in [-0.25, -0.2) is 0 Å². The molecule has 0 radical (unpaired) electrons. The van der Waals surface area contributed by atoms with Crippen LogP contribution in [0.1, 0.15) is 45.4 Å². The largest absolute Gasteiger partial charge is 0.342 e. The molecule has 2 rings (SSSR count). The van der Waals surface area contributed by atoms with Gasteiger partial charge < -0.3 is 10.2 Å². The molecule has 0 aromatic carbocycles. The standard InChI is InChI=1S/C12H22N2O/c1-2-12(6-5-7-12)13-10-11(15)14-8-3-4-9-14/h13H,2-10H2,1H3. The van der Waals surface area contributed by atoms with Crippen molar-refractivity contribution < 1.29 is 4.79 Å². The Hall–Kier alpha value is -0.570. The molecule has 0 unspecified atom stereocenters. The fourth-order valence-electron chi connectivity index (χ4n) is 2.60. The minimum atomic E-state index is 0.298. The number of hydrogen-bond donors (Lipinski definition) is 1. The molecule has 2 aliphatic rings. The number of carbonyl (C=O) groups is 1. The van der Waals surface area contributed by atoms with Gasteiger partial charge in [-0.2, -0.15) is 0 Å². The first-order valence-electron chi connectivity index (χ1n) is 6.29. The maximum Gasteiger partial charge on any atom is 0.236 e. The van der Waals surface area contributed by atoms with Gasteiger partial charge in [-0.3, -0.25) is 4.79 Å². The molecule has 1 saturated carbocycles. The van der Waals surface area contributed by atoms with Crippen molar-refractivity contribution in [1.29, 1.82) is 0 Å². The maximum atomic E-state index is 11.8. The maximum absolute atomic E-state index is 11.8. The van der Waals surface area contributed by atoms with Gasteiger partial charge in [-0.1, -0.05) is 6.92 Å². The smallest absolute Gasteiger partial charge is 0.236 e. The van der Waals surface area contributed by atoms with Gasteiger partial charge in [-0.05, 0) is 38.5 Å². The topological polar surface area (TPSA) is 32.3 Å². The van der Waals surface area contributed by atoms with Crippen LogP contribution in [0.25, 0.3) is 0 Å². The third kappa shape index (κ3) is 2.33. The van der Waals surface area contributed by atoms with E-state index < -0.39 is 0 Å². The highest BCUT2D eigenvalue weighted by Crippen LogP contribution is 2.34. The summed E-state index contributed by atoms with van der Waals surface area (Å²) in [5, 5.41) is 3.47. The Labute approximate surface area is 92.2 Å². The van der Waals surface area contributed by atoms with Crippen LogP contribution >= 0.6 is 0 Å². The summed E-state index contributed by atoms with van der Waals surface area (Å²) in [4.78, 5) is 13.8. The number of rotatable bonds is 4. The van der Waals surface area contributed by atoms with Crippen LogP contribution in [0.5, 0.6) is 0 Å². The van der Waals surface area contributed by atoms with Crippen molar-refractivity contribution in [3.8, 4) is 0 Å². The van der Waals surface area contributed by atoms with E-state index in [0.29, 0.717) is 18.0 Å². The lowest BCUT2D eigenvalue weighted by Gasteiger charge is -2.42. The molecular weight excluding hydrogens is 188 g/mol. The molecule has 3 nitrogen and oxygen atoms in total. The molecule has 1 saturated heterocycles. The number of hydrogen-bond acceptors (Lipinski definition) is 2. The van der Waals surface area contributed by atoms with Gasteiger partial charge in [0, 0.05) is 18.6 Å². The Kier molecular flexibility index (Phi) is 3.29. The van der Waals surface area contributed by atoms with Crippen LogP contribution in [0.15, 0.2) is 0 Å². The van der Waals surface area contributed by atoms with E-state index >= 15 is 0 Å². The van der Waals surface area contributed by atoms with Crippen molar-refractivity contribution in [1.82, 2.24) is 10.2 Å². The zero-order chi connectivity index (χ0) is 10.7. The van der Waals surface area contributed by atoms with Crippen LogP contribution in [-0.2, 0) is 4.79 Å². The molecule has 3 heteroatoms. The average molecular weight is 210 g/mol. The fraction of sp³-hybridized carbons (Fsp3) is 0.917. The van der Waals surface area contributed by atoms with E-state index in [1.165, 1.54) is 32.1 Å².